The Morgan fingerprint density at radius 3 is 2.85 bits per heavy atom. The molecule has 0 saturated carbocycles. The van der Waals surface area contributed by atoms with Crippen molar-refractivity contribution >= 4 is 11.6 Å². The number of benzene rings is 1. The summed E-state index contributed by atoms with van der Waals surface area (Å²) in [6, 6.07) is 3.07. The lowest BCUT2D eigenvalue weighted by Crippen LogP contribution is -2.45. The minimum Gasteiger partial charge on any atom is -0.508 e. The van der Waals surface area contributed by atoms with Gasteiger partial charge in [-0.05, 0) is 31.4 Å². The third kappa shape index (κ3) is 2.72. The van der Waals surface area contributed by atoms with E-state index in [1.807, 2.05) is 0 Å². The van der Waals surface area contributed by atoms with E-state index < -0.39 is 10.8 Å². The van der Waals surface area contributed by atoms with Crippen molar-refractivity contribution < 1.29 is 19.9 Å². The van der Waals surface area contributed by atoms with Gasteiger partial charge in [0.25, 0.3) is 11.6 Å². The number of nitro benzene ring substituents is 1. The number of carbonyl (C=O) groups excluding carboxylic acids is 1. The average Bonchev–Trinajstić information content (AvgIpc) is 2.46. The van der Waals surface area contributed by atoms with Gasteiger partial charge in [-0.25, -0.2) is 0 Å². The number of likely N-dealkylation sites (tertiary alicyclic amines) is 1. The summed E-state index contributed by atoms with van der Waals surface area (Å²) in [7, 11) is 0. The topological polar surface area (TPSA) is 104 Å². The molecule has 7 heteroatoms. The number of aromatic hydroxyl groups is 1. The van der Waals surface area contributed by atoms with Crippen molar-refractivity contribution in [3.63, 3.8) is 0 Å². The molecule has 0 aliphatic carbocycles. The second kappa shape index (κ2) is 5.87. The van der Waals surface area contributed by atoms with Crippen molar-refractivity contribution in [1.82, 2.24) is 4.90 Å². The van der Waals surface area contributed by atoms with Crippen LogP contribution in [-0.2, 0) is 0 Å². The lowest BCUT2D eigenvalue weighted by atomic mass is 10.0. The minimum absolute atomic E-state index is 0.143. The molecule has 1 saturated heterocycles. The highest BCUT2D eigenvalue weighted by Gasteiger charge is 2.31. The highest BCUT2D eigenvalue weighted by Crippen LogP contribution is 2.27. The van der Waals surface area contributed by atoms with Crippen LogP contribution < -0.4 is 0 Å². The molecule has 0 radical (unpaired) electrons. The van der Waals surface area contributed by atoms with E-state index in [2.05, 4.69) is 0 Å². The van der Waals surface area contributed by atoms with E-state index >= 15 is 0 Å². The monoisotopic (exact) mass is 280 g/mol. The summed E-state index contributed by atoms with van der Waals surface area (Å²) in [5, 5.41) is 29.7. The molecule has 1 aliphatic heterocycles. The zero-order chi connectivity index (χ0) is 14.7. The fourth-order valence-corrected chi connectivity index (χ4v) is 2.47. The van der Waals surface area contributed by atoms with Crippen LogP contribution in [0.2, 0.25) is 0 Å². The zero-order valence-corrected chi connectivity index (χ0v) is 10.9. The van der Waals surface area contributed by atoms with Crippen molar-refractivity contribution in [3.05, 3.63) is 33.9 Å². The Morgan fingerprint density at radius 2 is 2.20 bits per heavy atom. The van der Waals surface area contributed by atoms with Gasteiger partial charge in [-0.15, -0.1) is 0 Å². The number of piperidine rings is 1. The van der Waals surface area contributed by atoms with Crippen LogP contribution in [0.3, 0.4) is 0 Å². The predicted octanol–water partition coefficient (Wildman–Crippen LogP) is 1.29. The lowest BCUT2D eigenvalue weighted by Gasteiger charge is -2.34. The van der Waals surface area contributed by atoms with Crippen molar-refractivity contribution in [3.8, 4) is 5.75 Å². The van der Waals surface area contributed by atoms with Crippen LogP contribution >= 0.6 is 0 Å². The quantitative estimate of drug-likeness (QED) is 0.641. The summed E-state index contributed by atoms with van der Waals surface area (Å²) in [5.74, 6) is -0.720. The molecule has 1 amide bonds. The maximum absolute atomic E-state index is 12.4. The first-order valence-corrected chi connectivity index (χ1v) is 6.44. The predicted molar refractivity (Wildman–Crippen MR) is 70.5 cm³/mol. The number of rotatable bonds is 3. The first kappa shape index (κ1) is 14.3. The third-order valence-corrected chi connectivity index (χ3v) is 3.51. The molecular formula is C13H16N2O5. The molecule has 1 atom stereocenters. The first-order chi connectivity index (χ1) is 9.54. The van der Waals surface area contributed by atoms with Gasteiger partial charge in [0.1, 0.15) is 11.3 Å². The van der Waals surface area contributed by atoms with Crippen molar-refractivity contribution in [2.24, 2.45) is 0 Å². The highest BCUT2D eigenvalue weighted by atomic mass is 16.6. The van der Waals surface area contributed by atoms with Gasteiger partial charge in [-0.1, -0.05) is 0 Å². The molecule has 0 aromatic heterocycles. The van der Waals surface area contributed by atoms with E-state index in [0.29, 0.717) is 13.0 Å². The normalized spacial score (nSPS) is 18.9. The molecule has 1 unspecified atom stereocenters. The number of hydrogen-bond donors (Lipinski definition) is 2. The number of aliphatic hydroxyl groups excluding tert-OH is 1. The number of amides is 1. The molecule has 2 N–H and O–H groups in total. The number of phenols is 1. The van der Waals surface area contributed by atoms with Gasteiger partial charge in [0, 0.05) is 12.6 Å². The second-order valence-electron chi connectivity index (χ2n) is 4.79. The van der Waals surface area contributed by atoms with Crippen molar-refractivity contribution in [2.75, 3.05) is 13.2 Å². The fraction of sp³-hybridized carbons (Fsp3) is 0.462. The number of phenolic OH excluding ortho intramolecular Hbond substituents is 1. The Labute approximate surface area is 115 Å². The molecule has 1 fully saturated rings. The Kier molecular flexibility index (Phi) is 4.19. The minimum atomic E-state index is -0.648. The van der Waals surface area contributed by atoms with Crippen LogP contribution in [0, 0.1) is 10.1 Å². The Hall–Kier alpha value is -2.15. The molecule has 108 valence electrons. The molecule has 0 bridgehead atoms. The van der Waals surface area contributed by atoms with Gasteiger partial charge in [0.15, 0.2) is 0 Å². The molecule has 7 nitrogen and oxygen atoms in total. The zero-order valence-electron chi connectivity index (χ0n) is 10.9. The van der Waals surface area contributed by atoms with Gasteiger partial charge < -0.3 is 15.1 Å². The fourth-order valence-electron chi connectivity index (χ4n) is 2.47. The summed E-state index contributed by atoms with van der Waals surface area (Å²) in [6.45, 7) is 0.287. The lowest BCUT2D eigenvalue weighted by molar-refractivity contribution is -0.385. The molecule has 2 rings (SSSR count). The molecule has 0 spiro atoms. The van der Waals surface area contributed by atoms with E-state index in [-0.39, 0.29) is 29.6 Å². The second-order valence-corrected chi connectivity index (χ2v) is 4.79. The van der Waals surface area contributed by atoms with Crippen LogP contribution in [0.1, 0.15) is 29.6 Å². The van der Waals surface area contributed by atoms with Crippen LogP contribution in [0.5, 0.6) is 5.75 Å². The summed E-state index contributed by atoms with van der Waals surface area (Å²) in [5.41, 5.74) is -0.481. The number of hydrogen-bond acceptors (Lipinski definition) is 5. The molecule has 1 aliphatic rings. The Balaban J connectivity index is 2.36. The molecular weight excluding hydrogens is 264 g/mol. The Morgan fingerprint density at radius 1 is 1.45 bits per heavy atom. The number of nitro groups is 1. The van der Waals surface area contributed by atoms with Gasteiger partial charge in [0.05, 0.1) is 17.6 Å². The summed E-state index contributed by atoms with van der Waals surface area (Å²) in [6.07, 6.45) is 2.39. The standard InChI is InChI=1S/C13H16N2O5/c16-8-9-3-1-2-6-14(9)13(18)11-7-10(17)4-5-12(11)15(19)20/h4-5,7,9,16-17H,1-3,6,8H2. The number of nitrogens with zero attached hydrogens (tertiary/aromatic N) is 2. The van der Waals surface area contributed by atoms with Crippen molar-refractivity contribution in [2.45, 2.75) is 25.3 Å². The van der Waals surface area contributed by atoms with E-state index in [1.54, 1.807) is 0 Å². The number of carbonyl (C=O) groups is 1. The molecule has 1 aromatic rings. The maximum atomic E-state index is 12.4. The Bertz CT molecular complexity index is 531. The summed E-state index contributed by atoms with van der Waals surface area (Å²) < 4.78 is 0. The first-order valence-electron chi connectivity index (χ1n) is 6.44. The summed E-state index contributed by atoms with van der Waals surface area (Å²) >= 11 is 0. The van der Waals surface area contributed by atoms with Crippen LogP contribution in [0.25, 0.3) is 0 Å². The smallest absolute Gasteiger partial charge is 0.282 e. The number of aliphatic hydroxyl groups is 1. The van der Waals surface area contributed by atoms with Crippen LogP contribution in [-0.4, -0.2) is 45.1 Å². The van der Waals surface area contributed by atoms with E-state index in [0.717, 1.165) is 25.0 Å². The van der Waals surface area contributed by atoms with E-state index in [1.165, 1.54) is 11.0 Å². The highest BCUT2D eigenvalue weighted by molar-refractivity contribution is 5.98. The van der Waals surface area contributed by atoms with E-state index in [9.17, 15) is 25.1 Å². The largest absolute Gasteiger partial charge is 0.508 e. The van der Waals surface area contributed by atoms with Gasteiger partial charge in [-0.3, -0.25) is 14.9 Å². The summed E-state index contributed by atoms with van der Waals surface area (Å²) in [4.78, 5) is 24.2. The van der Waals surface area contributed by atoms with Crippen LogP contribution in [0.4, 0.5) is 5.69 Å². The van der Waals surface area contributed by atoms with Gasteiger partial charge in [0.2, 0.25) is 0 Å². The molecule has 1 aromatic carbocycles. The van der Waals surface area contributed by atoms with Crippen molar-refractivity contribution in [1.29, 1.82) is 0 Å². The maximum Gasteiger partial charge on any atom is 0.282 e. The average molecular weight is 280 g/mol. The van der Waals surface area contributed by atoms with Crippen LogP contribution in [0.15, 0.2) is 18.2 Å². The SMILES string of the molecule is O=C(c1cc(O)ccc1[N+](=O)[O-])N1CCCCC1CO. The van der Waals surface area contributed by atoms with Gasteiger partial charge >= 0.3 is 0 Å². The molecule has 20 heavy (non-hydrogen) atoms. The van der Waals surface area contributed by atoms with Gasteiger partial charge in [-0.2, -0.15) is 0 Å². The molecule has 1 heterocycles. The third-order valence-electron chi connectivity index (χ3n) is 3.51. The van der Waals surface area contributed by atoms with E-state index in [4.69, 9.17) is 0 Å².